The molecule has 0 amide bonds. The molecule has 2 aromatic rings. The Morgan fingerprint density at radius 3 is 2.50 bits per heavy atom. The lowest BCUT2D eigenvalue weighted by molar-refractivity contribution is -0.384. The second-order valence-electron chi connectivity index (χ2n) is 5.74. The Bertz CT molecular complexity index is 748. The molecule has 0 aromatic heterocycles. The maximum absolute atomic E-state index is 13.1. The van der Waals surface area contributed by atoms with Crippen LogP contribution in [0.3, 0.4) is 0 Å². The van der Waals surface area contributed by atoms with E-state index in [0.29, 0.717) is 30.3 Å². The van der Waals surface area contributed by atoms with Gasteiger partial charge < -0.3 is 4.90 Å². The predicted octanol–water partition coefficient (Wildman–Crippen LogP) is 3.71. The van der Waals surface area contributed by atoms with Crippen molar-refractivity contribution in [2.75, 3.05) is 31.1 Å². The van der Waals surface area contributed by atoms with Gasteiger partial charge in [-0.05, 0) is 23.8 Å². The minimum atomic E-state index is -0.347. The molecule has 1 fully saturated rings. The number of hydrogen-bond donors (Lipinski definition) is 0. The van der Waals surface area contributed by atoms with E-state index in [1.165, 1.54) is 18.2 Å². The van der Waals surface area contributed by atoms with Crippen molar-refractivity contribution in [3.8, 4) is 0 Å². The summed E-state index contributed by atoms with van der Waals surface area (Å²) in [7, 11) is 0. The van der Waals surface area contributed by atoms with E-state index in [2.05, 4.69) is 4.90 Å². The van der Waals surface area contributed by atoms with Crippen molar-refractivity contribution in [1.29, 1.82) is 0 Å². The van der Waals surface area contributed by atoms with Crippen LogP contribution in [0.2, 0.25) is 5.02 Å². The minimum Gasteiger partial charge on any atom is -0.363 e. The quantitative estimate of drug-likeness (QED) is 0.623. The van der Waals surface area contributed by atoms with E-state index in [0.717, 1.165) is 18.7 Å². The summed E-state index contributed by atoms with van der Waals surface area (Å²) in [6.07, 6.45) is 0. The minimum absolute atomic E-state index is 0.132. The SMILES string of the molecule is O=[N+]([O-])c1ccccc1N1CCN(Cc2ccc(F)cc2Cl)CC1. The fourth-order valence-electron chi connectivity index (χ4n) is 2.92. The number of nitrogens with zero attached hydrogens (tertiary/aromatic N) is 3. The van der Waals surface area contributed by atoms with Gasteiger partial charge in [0.05, 0.1) is 4.92 Å². The van der Waals surface area contributed by atoms with E-state index >= 15 is 0 Å². The molecule has 126 valence electrons. The van der Waals surface area contributed by atoms with Crippen LogP contribution in [0, 0.1) is 15.9 Å². The Morgan fingerprint density at radius 1 is 1.12 bits per heavy atom. The highest BCUT2D eigenvalue weighted by molar-refractivity contribution is 6.31. The van der Waals surface area contributed by atoms with Crippen LogP contribution in [0.15, 0.2) is 42.5 Å². The molecule has 3 rings (SSSR count). The lowest BCUT2D eigenvalue weighted by Crippen LogP contribution is -2.46. The second-order valence-corrected chi connectivity index (χ2v) is 6.15. The highest BCUT2D eigenvalue weighted by Gasteiger charge is 2.23. The lowest BCUT2D eigenvalue weighted by Gasteiger charge is -2.35. The van der Waals surface area contributed by atoms with Crippen LogP contribution in [-0.2, 0) is 6.54 Å². The van der Waals surface area contributed by atoms with Gasteiger partial charge >= 0.3 is 0 Å². The number of rotatable bonds is 4. The Morgan fingerprint density at radius 2 is 1.83 bits per heavy atom. The van der Waals surface area contributed by atoms with E-state index < -0.39 is 0 Å². The normalized spacial score (nSPS) is 15.5. The topological polar surface area (TPSA) is 49.6 Å². The van der Waals surface area contributed by atoms with E-state index in [1.54, 1.807) is 18.2 Å². The van der Waals surface area contributed by atoms with Gasteiger partial charge in [-0.25, -0.2) is 4.39 Å². The number of nitro benzene ring substituents is 1. The van der Waals surface area contributed by atoms with Gasteiger partial charge in [0.2, 0.25) is 0 Å². The Hall–Kier alpha value is -2.18. The number of hydrogen-bond acceptors (Lipinski definition) is 4. The van der Waals surface area contributed by atoms with E-state index in [4.69, 9.17) is 11.6 Å². The molecular formula is C17H17ClFN3O2. The molecule has 24 heavy (non-hydrogen) atoms. The van der Waals surface area contributed by atoms with Gasteiger partial charge in [0.1, 0.15) is 11.5 Å². The highest BCUT2D eigenvalue weighted by atomic mass is 35.5. The van der Waals surface area contributed by atoms with Crippen molar-refractivity contribution in [3.63, 3.8) is 0 Å². The first-order valence-electron chi connectivity index (χ1n) is 7.69. The Kier molecular flexibility index (Phi) is 4.97. The van der Waals surface area contributed by atoms with Crippen molar-refractivity contribution in [2.45, 2.75) is 6.54 Å². The largest absolute Gasteiger partial charge is 0.363 e. The van der Waals surface area contributed by atoms with Crippen molar-refractivity contribution in [2.24, 2.45) is 0 Å². The summed E-state index contributed by atoms with van der Waals surface area (Å²) in [5.41, 5.74) is 1.67. The first-order valence-corrected chi connectivity index (χ1v) is 8.07. The smallest absolute Gasteiger partial charge is 0.292 e. The third-order valence-corrected chi connectivity index (χ3v) is 4.55. The van der Waals surface area contributed by atoms with Gasteiger partial charge in [0, 0.05) is 43.8 Å². The zero-order valence-electron chi connectivity index (χ0n) is 13.0. The molecule has 0 bridgehead atoms. The Balaban J connectivity index is 1.65. The molecule has 0 N–H and O–H groups in total. The summed E-state index contributed by atoms with van der Waals surface area (Å²) in [4.78, 5) is 15.1. The standard InChI is InChI=1S/C17H17ClFN3O2/c18-15-11-14(19)6-5-13(15)12-20-7-9-21(10-8-20)16-3-1-2-4-17(16)22(23)24/h1-6,11H,7-10,12H2. The van der Waals surface area contributed by atoms with Crippen LogP contribution < -0.4 is 4.90 Å². The summed E-state index contributed by atoms with van der Waals surface area (Å²) < 4.78 is 13.1. The molecule has 0 aliphatic carbocycles. The molecule has 1 aliphatic rings. The zero-order chi connectivity index (χ0) is 17.1. The Labute approximate surface area is 144 Å². The van der Waals surface area contributed by atoms with Crippen LogP contribution in [0.4, 0.5) is 15.8 Å². The summed E-state index contributed by atoms with van der Waals surface area (Å²) >= 11 is 6.08. The van der Waals surface area contributed by atoms with Gasteiger partial charge in [0.15, 0.2) is 0 Å². The summed E-state index contributed by atoms with van der Waals surface area (Å²) in [5.74, 6) is -0.343. The van der Waals surface area contributed by atoms with E-state index in [9.17, 15) is 14.5 Å². The van der Waals surface area contributed by atoms with Crippen molar-refractivity contribution in [1.82, 2.24) is 4.90 Å². The van der Waals surface area contributed by atoms with Gasteiger partial charge in [-0.1, -0.05) is 29.8 Å². The summed E-state index contributed by atoms with van der Waals surface area (Å²) in [6, 6.07) is 11.2. The first-order chi connectivity index (χ1) is 11.5. The van der Waals surface area contributed by atoms with Crippen LogP contribution in [-0.4, -0.2) is 36.0 Å². The molecule has 0 unspecified atom stereocenters. The second kappa shape index (κ2) is 7.15. The number of piperazine rings is 1. The van der Waals surface area contributed by atoms with Gasteiger partial charge in [-0.3, -0.25) is 15.0 Å². The number of para-hydroxylation sites is 2. The molecule has 1 aliphatic heterocycles. The summed E-state index contributed by atoms with van der Waals surface area (Å²) in [5, 5.41) is 11.6. The number of benzene rings is 2. The third-order valence-electron chi connectivity index (χ3n) is 4.20. The number of nitro groups is 1. The maximum atomic E-state index is 13.1. The average Bonchev–Trinajstić information content (AvgIpc) is 2.58. The molecule has 5 nitrogen and oxygen atoms in total. The van der Waals surface area contributed by atoms with Gasteiger partial charge in [0.25, 0.3) is 5.69 Å². The lowest BCUT2D eigenvalue weighted by atomic mass is 10.1. The molecule has 1 saturated heterocycles. The zero-order valence-corrected chi connectivity index (χ0v) is 13.7. The van der Waals surface area contributed by atoms with Crippen LogP contribution >= 0.6 is 11.6 Å². The van der Waals surface area contributed by atoms with Crippen molar-refractivity contribution in [3.05, 3.63) is 69.0 Å². The highest BCUT2D eigenvalue weighted by Crippen LogP contribution is 2.28. The van der Waals surface area contributed by atoms with Crippen LogP contribution in [0.1, 0.15) is 5.56 Å². The third kappa shape index (κ3) is 3.66. The molecule has 1 heterocycles. The summed E-state index contributed by atoms with van der Waals surface area (Å²) in [6.45, 7) is 3.57. The molecule has 0 atom stereocenters. The molecule has 0 saturated carbocycles. The van der Waals surface area contributed by atoms with Crippen LogP contribution in [0.5, 0.6) is 0 Å². The van der Waals surface area contributed by atoms with Gasteiger partial charge in [-0.15, -0.1) is 0 Å². The molecule has 7 heteroatoms. The molecular weight excluding hydrogens is 333 g/mol. The van der Waals surface area contributed by atoms with E-state index in [1.807, 2.05) is 11.0 Å². The molecule has 2 aromatic carbocycles. The monoisotopic (exact) mass is 349 g/mol. The van der Waals surface area contributed by atoms with Crippen molar-refractivity contribution >= 4 is 23.0 Å². The van der Waals surface area contributed by atoms with E-state index in [-0.39, 0.29) is 16.4 Å². The number of anilines is 1. The first kappa shape index (κ1) is 16.7. The number of halogens is 2. The maximum Gasteiger partial charge on any atom is 0.292 e. The van der Waals surface area contributed by atoms with Crippen LogP contribution in [0.25, 0.3) is 0 Å². The predicted molar refractivity (Wildman–Crippen MR) is 92.0 cm³/mol. The fraction of sp³-hybridized carbons (Fsp3) is 0.294. The average molecular weight is 350 g/mol. The van der Waals surface area contributed by atoms with Gasteiger partial charge in [-0.2, -0.15) is 0 Å². The van der Waals surface area contributed by atoms with Crippen molar-refractivity contribution < 1.29 is 9.31 Å². The molecule has 0 radical (unpaired) electrons. The fourth-order valence-corrected chi connectivity index (χ4v) is 3.15. The molecule has 0 spiro atoms.